The maximum Gasteiger partial charge on any atom is 0.356 e. The molecule has 2 aromatic heterocycles. The topological polar surface area (TPSA) is 92.3 Å². The zero-order valence-electron chi connectivity index (χ0n) is 14.5. The molecule has 0 aliphatic rings. The quantitative estimate of drug-likeness (QED) is 0.804. The molecule has 0 fully saturated rings. The fourth-order valence-corrected chi connectivity index (χ4v) is 2.96. The summed E-state index contributed by atoms with van der Waals surface area (Å²) in [6, 6.07) is 3.32. The largest absolute Gasteiger partial charge is 0.477 e. The molecule has 2 N–H and O–H groups in total. The average molecular weight is 350 g/mol. The van der Waals surface area contributed by atoms with Crippen LogP contribution < -0.4 is 0 Å². The third kappa shape index (κ3) is 4.03. The third-order valence-corrected chi connectivity index (χ3v) is 4.64. The molecule has 130 valence electrons. The van der Waals surface area contributed by atoms with E-state index in [0.717, 1.165) is 11.3 Å². The Bertz CT molecular complexity index is 753. The van der Waals surface area contributed by atoms with Gasteiger partial charge >= 0.3 is 11.9 Å². The number of aromatic carboxylic acids is 1. The average Bonchev–Trinajstić information content (AvgIpc) is 3.13. The third-order valence-electron chi connectivity index (χ3n) is 3.72. The molecule has 2 aromatic rings. The molecule has 0 spiro atoms. The van der Waals surface area contributed by atoms with Crippen molar-refractivity contribution in [3.63, 3.8) is 0 Å². The minimum Gasteiger partial charge on any atom is -0.477 e. The van der Waals surface area contributed by atoms with Gasteiger partial charge in [0.05, 0.1) is 5.69 Å². The van der Waals surface area contributed by atoms with Gasteiger partial charge in [-0.1, -0.05) is 34.6 Å². The Balaban J connectivity index is 2.04. The number of thiophene rings is 1. The second-order valence-electron chi connectivity index (χ2n) is 7.38. The number of H-pyrrole nitrogens is 1. The lowest BCUT2D eigenvalue weighted by Crippen LogP contribution is -2.26. The Morgan fingerprint density at radius 3 is 2.42 bits per heavy atom. The number of carbonyl (C=O) groups is 2. The van der Waals surface area contributed by atoms with Crippen molar-refractivity contribution in [1.29, 1.82) is 0 Å². The number of aromatic nitrogens is 2. The molecule has 0 radical (unpaired) electrons. The van der Waals surface area contributed by atoms with Crippen LogP contribution >= 0.6 is 11.3 Å². The van der Waals surface area contributed by atoms with Gasteiger partial charge < -0.3 is 9.84 Å². The lowest BCUT2D eigenvalue weighted by molar-refractivity contribution is 0.0419. The van der Waals surface area contributed by atoms with Crippen molar-refractivity contribution >= 4 is 23.3 Å². The van der Waals surface area contributed by atoms with Crippen molar-refractivity contribution in [3.8, 4) is 0 Å². The summed E-state index contributed by atoms with van der Waals surface area (Å²) in [5, 5.41) is 17.6. The lowest BCUT2D eigenvalue weighted by Gasteiger charge is -2.23. The number of carboxylic acid groups (broad SMARTS) is 1. The zero-order chi connectivity index (χ0) is 18.1. The van der Waals surface area contributed by atoms with Crippen LogP contribution in [0.15, 0.2) is 17.5 Å². The van der Waals surface area contributed by atoms with Gasteiger partial charge in [-0.2, -0.15) is 5.10 Å². The Morgan fingerprint density at radius 2 is 1.92 bits per heavy atom. The van der Waals surface area contributed by atoms with Crippen molar-refractivity contribution in [2.75, 3.05) is 6.61 Å². The number of carbonyl (C=O) groups excluding carboxylic acids is 1. The second kappa shape index (κ2) is 6.39. The number of rotatable bonds is 5. The highest BCUT2D eigenvalue weighted by molar-refractivity contribution is 7.12. The number of ether oxygens (including phenoxy) is 1. The van der Waals surface area contributed by atoms with Gasteiger partial charge in [-0.3, -0.25) is 5.10 Å². The number of hydrogen-bond donors (Lipinski definition) is 2. The van der Waals surface area contributed by atoms with Gasteiger partial charge in [0.15, 0.2) is 0 Å². The molecule has 0 bridgehead atoms. The van der Waals surface area contributed by atoms with Gasteiger partial charge in [-0.15, -0.1) is 11.3 Å². The molecule has 0 atom stereocenters. The van der Waals surface area contributed by atoms with E-state index in [4.69, 9.17) is 9.84 Å². The van der Waals surface area contributed by atoms with Gasteiger partial charge in [0.2, 0.25) is 0 Å². The van der Waals surface area contributed by atoms with Crippen LogP contribution in [0.25, 0.3) is 0 Å². The van der Waals surface area contributed by atoms with Crippen LogP contribution in [0.1, 0.15) is 66.0 Å². The van der Waals surface area contributed by atoms with E-state index in [0.29, 0.717) is 5.69 Å². The van der Waals surface area contributed by atoms with E-state index in [1.165, 1.54) is 11.3 Å². The van der Waals surface area contributed by atoms with Crippen molar-refractivity contribution in [1.82, 2.24) is 10.2 Å². The molecule has 0 aromatic carbocycles. The van der Waals surface area contributed by atoms with E-state index < -0.39 is 17.4 Å². The summed E-state index contributed by atoms with van der Waals surface area (Å²) in [6.07, 6.45) is 0. The van der Waals surface area contributed by atoms with E-state index in [2.05, 4.69) is 10.2 Å². The molecule has 0 unspecified atom stereocenters. The zero-order valence-corrected chi connectivity index (χ0v) is 15.3. The van der Waals surface area contributed by atoms with Gasteiger partial charge in [-0.05, 0) is 23.1 Å². The maximum absolute atomic E-state index is 12.2. The number of nitrogens with zero attached hydrogens (tertiary/aromatic N) is 1. The summed E-state index contributed by atoms with van der Waals surface area (Å²) in [7, 11) is 0. The fourth-order valence-electron chi connectivity index (χ4n) is 2.02. The molecule has 0 amide bonds. The van der Waals surface area contributed by atoms with Crippen molar-refractivity contribution in [2.45, 2.75) is 45.4 Å². The predicted octanol–water partition coefficient (Wildman–Crippen LogP) is 3.60. The SMILES string of the molecule is CC(C)(C)c1cc(C(=O)OCC(C)(C)c2csc(C(=O)O)c2)[nH]n1. The fraction of sp³-hybridized carbons (Fsp3) is 0.471. The van der Waals surface area contributed by atoms with E-state index in [9.17, 15) is 9.59 Å². The first-order valence-corrected chi connectivity index (χ1v) is 8.44. The van der Waals surface area contributed by atoms with Crippen molar-refractivity contribution in [2.24, 2.45) is 0 Å². The molecule has 0 saturated carbocycles. The van der Waals surface area contributed by atoms with Crippen LogP contribution in [0.5, 0.6) is 0 Å². The molecule has 0 aliphatic carbocycles. The molecule has 2 rings (SSSR count). The van der Waals surface area contributed by atoms with Crippen molar-refractivity contribution in [3.05, 3.63) is 39.3 Å². The minimum absolute atomic E-state index is 0.144. The van der Waals surface area contributed by atoms with Crippen LogP contribution in [-0.4, -0.2) is 33.8 Å². The van der Waals surface area contributed by atoms with Gasteiger partial charge in [0, 0.05) is 10.8 Å². The second-order valence-corrected chi connectivity index (χ2v) is 8.29. The molecular formula is C17H22N2O4S. The first-order valence-electron chi connectivity index (χ1n) is 7.56. The summed E-state index contributed by atoms with van der Waals surface area (Å²) >= 11 is 1.17. The summed E-state index contributed by atoms with van der Waals surface area (Å²) < 4.78 is 5.39. The van der Waals surface area contributed by atoms with E-state index in [1.807, 2.05) is 34.6 Å². The molecule has 6 nitrogen and oxygen atoms in total. The van der Waals surface area contributed by atoms with Gasteiger partial charge in [0.25, 0.3) is 0 Å². The van der Waals surface area contributed by atoms with E-state index in [-0.39, 0.29) is 16.9 Å². The standard InChI is InChI=1S/C17H22N2O4S/c1-16(2,3)13-7-11(18-19-13)15(22)23-9-17(4,5)10-6-12(14(20)21)24-8-10/h6-8H,9H2,1-5H3,(H,18,19)(H,20,21). The number of carboxylic acids is 1. The monoisotopic (exact) mass is 350 g/mol. The number of nitrogens with one attached hydrogen (secondary N) is 1. The Morgan fingerprint density at radius 1 is 1.25 bits per heavy atom. The molecule has 0 saturated heterocycles. The summed E-state index contributed by atoms with van der Waals surface area (Å²) in [5.41, 5.74) is 1.30. The van der Waals surface area contributed by atoms with Crippen LogP contribution in [0.3, 0.4) is 0 Å². The number of hydrogen-bond acceptors (Lipinski definition) is 5. The Labute approximate surface area is 144 Å². The molecule has 0 aliphatic heterocycles. The highest BCUT2D eigenvalue weighted by Gasteiger charge is 2.27. The summed E-state index contributed by atoms with van der Waals surface area (Å²) in [5.74, 6) is -1.43. The summed E-state index contributed by atoms with van der Waals surface area (Å²) in [6.45, 7) is 9.99. The minimum atomic E-state index is -0.953. The van der Waals surface area contributed by atoms with Crippen LogP contribution in [0.2, 0.25) is 0 Å². The van der Waals surface area contributed by atoms with Crippen LogP contribution in [0, 0.1) is 0 Å². The molecule has 24 heavy (non-hydrogen) atoms. The van der Waals surface area contributed by atoms with E-state index >= 15 is 0 Å². The normalized spacial score (nSPS) is 12.2. The van der Waals surface area contributed by atoms with Crippen molar-refractivity contribution < 1.29 is 19.4 Å². The predicted molar refractivity (Wildman–Crippen MR) is 91.9 cm³/mol. The highest BCUT2D eigenvalue weighted by Crippen LogP contribution is 2.29. The lowest BCUT2D eigenvalue weighted by atomic mass is 9.87. The van der Waals surface area contributed by atoms with E-state index in [1.54, 1.807) is 17.5 Å². The molecule has 2 heterocycles. The molecular weight excluding hydrogens is 328 g/mol. The molecule has 7 heteroatoms. The Kier molecular flexibility index (Phi) is 4.85. The first kappa shape index (κ1) is 18.2. The maximum atomic E-state index is 12.2. The highest BCUT2D eigenvalue weighted by atomic mass is 32.1. The van der Waals surface area contributed by atoms with Gasteiger partial charge in [-0.25, -0.2) is 9.59 Å². The smallest absolute Gasteiger partial charge is 0.356 e. The Hall–Kier alpha value is -2.15. The van der Waals surface area contributed by atoms with Crippen LogP contribution in [0.4, 0.5) is 0 Å². The first-order chi connectivity index (χ1) is 11.0. The number of aromatic amines is 1. The van der Waals surface area contributed by atoms with Gasteiger partial charge in [0.1, 0.15) is 17.2 Å². The summed E-state index contributed by atoms with van der Waals surface area (Å²) in [4.78, 5) is 23.5. The number of esters is 1. The van der Waals surface area contributed by atoms with Crippen LogP contribution in [-0.2, 0) is 15.6 Å².